The molecular weight excluding hydrogens is 250 g/mol. The van der Waals surface area contributed by atoms with E-state index in [-0.39, 0.29) is 5.91 Å². The summed E-state index contributed by atoms with van der Waals surface area (Å²) < 4.78 is 1.66. The highest BCUT2D eigenvalue weighted by Crippen LogP contribution is 2.20. The molecule has 94 valence electrons. The summed E-state index contributed by atoms with van der Waals surface area (Å²) in [6, 6.07) is 7.15. The van der Waals surface area contributed by atoms with Crippen molar-refractivity contribution in [2.24, 2.45) is 7.05 Å². The SMILES string of the molecule is Cc1ccc(NC(=O)c2cc(C)n(C)n2)cc1Cl. The van der Waals surface area contributed by atoms with Gasteiger partial charge in [0.2, 0.25) is 0 Å². The predicted molar refractivity (Wildman–Crippen MR) is 72.1 cm³/mol. The van der Waals surface area contributed by atoms with Crippen LogP contribution in [-0.2, 0) is 7.05 Å². The first-order chi connectivity index (χ1) is 8.47. The molecule has 0 spiro atoms. The van der Waals surface area contributed by atoms with Crippen LogP contribution in [-0.4, -0.2) is 15.7 Å². The maximum absolute atomic E-state index is 11.9. The number of rotatable bonds is 2. The molecule has 18 heavy (non-hydrogen) atoms. The number of nitrogens with one attached hydrogen (secondary N) is 1. The number of halogens is 1. The molecule has 0 saturated carbocycles. The average Bonchev–Trinajstić information content (AvgIpc) is 2.65. The molecule has 0 aliphatic carbocycles. The number of carbonyl (C=O) groups excluding carboxylic acids is 1. The number of nitrogens with zero attached hydrogens (tertiary/aromatic N) is 2. The van der Waals surface area contributed by atoms with Crippen LogP contribution in [0.5, 0.6) is 0 Å². The van der Waals surface area contributed by atoms with Crippen molar-refractivity contribution >= 4 is 23.2 Å². The van der Waals surface area contributed by atoms with E-state index in [4.69, 9.17) is 11.6 Å². The molecular formula is C13H14ClN3O. The molecule has 2 aromatic rings. The fourth-order valence-corrected chi connectivity index (χ4v) is 1.72. The Morgan fingerprint density at radius 2 is 2.06 bits per heavy atom. The Morgan fingerprint density at radius 1 is 1.33 bits per heavy atom. The molecule has 0 aliphatic rings. The minimum Gasteiger partial charge on any atom is -0.321 e. The van der Waals surface area contributed by atoms with Gasteiger partial charge in [0.1, 0.15) is 0 Å². The van der Waals surface area contributed by atoms with Gasteiger partial charge in [0.25, 0.3) is 5.91 Å². The second-order valence-electron chi connectivity index (χ2n) is 4.21. The van der Waals surface area contributed by atoms with Crippen LogP contribution < -0.4 is 5.32 Å². The van der Waals surface area contributed by atoms with Crippen molar-refractivity contribution in [3.8, 4) is 0 Å². The second kappa shape index (κ2) is 4.82. The van der Waals surface area contributed by atoms with Crippen molar-refractivity contribution in [1.82, 2.24) is 9.78 Å². The van der Waals surface area contributed by atoms with Gasteiger partial charge in [0.15, 0.2) is 5.69 Å². The molecule has 0 bridgehead atoms. The first kappa shape index (κ1) is 12.6. The van der Waals surface area contributed by atoms with Crippen LogP contribution in [0.3, 0.4) is 0 Å². The number of hydrogen-bond acceptors (Lipinski definition) is 2. The van der Waals surface area contributed by atoms with E-state index in [1.165, 1.54) is 0 Å². The topological polar surface area (TPSA) is 46.9 Å². The van der Waals surface area contributed by atoms with Gasteiger partial charge in [0.05, 0.1) is 0 Å². The number of benzene rings is 1. The predicted octanol–water partition coefficient (Wildman–Crippen LogP) is 2.94. The zero-order valence-corrected chi connectivity index (χ0v) is 11.2. The van der Waals surface area contributed by atoms with Crippen molar-refractivity contribution in [2.45, 2.75) is 13.8 Å². The Hall–Kier alpha value is -1.81. The van der Waals surface area contributed by atoms with E-state index in [9.17, 15) is 4.79 Å². The molecule has 0 unspecified atom stereocenters. The molecule has 1 amide bonds. The molecule has 4 nitrogen and oxygen atoms in total. The van der Waals surface area contributed by atoms with E-state index in [0.717, 1.165) is 11.3 Å². The Balaban J connectivity index is 2.18. The molecule has 0 fully saturated rings. The Morgan fingerprint density at radius 3 is 2.61 bits per heavy atom. The second-order valence-corrected chi connectivity index (χ2v) is 4.62. The summed E-state index contributed by atoms with van der Waals surface area (Å²) in [6.07, 6.45) is 0. The van der Waals surface area contributed by atoms with Crippen LogP contribution >= 0.6 is 11.6 Å². The maximum atomic E-state index is 11.9. The summed E-state index contributed by atoms with van der Waals surface area (Å²) in [5.74, 6) is -0.237. The lowest BCUT2D eigenvalue weighted by atomic mass is 10.2. The van der Waals surface area contributed by atoms with Gasteiger partial charge in [0, 0.05) is 23.5 Å². The van der Waals surface area contributed by atoms with Crippen molar-refractivity contribution in [3.05, 3.63) is 46.2 Å². The van der Waals surface area contributed by atoms with Crippen LogP contribution in [0.2, 0.25) is 5.02 Å². The van der Waals surface area contributed by atoms with E-state index in [0.29, 0.717) is 16.4 Å². The van der Waals surface area contributed by atoms with E-state index >= 15 is 0 Å². The van der Waals surface area contributed by atoms with Crippen LogP contribution in [0.25, 0.3) is 0 Å². The fraction of sp³-hybridized carbons (Fsp3) is 0.231. The van der Waals surface area contributed by atoms with Crippen LogP contribution in [0.4, 0.5) is 5.69 Å². The smallest absolute Gasteiger partial charge is 0.276 e. The number of hydrogen-bond donors (Lipinski definition) is 1. The van der Waals surface area contributed by atoms with E-state index in [2.05, 4.69) is 10.4 Å². The number of amides is 1. The number of carbonyl (C=O) groups is 1. The molecule has 1 aromatic carbocycles. The van der Waals surface area contributed by atoms with Gasteiger partial charge in [-0.25, -0.2) is 0 Å². The van der Waals surface area contributed by atoms with Gasteiger partial charge >= 0.3 is 0 Å². The van der Waals surface area contributed by atoms with Gasteiger partial charge in [-0.3, -0.25) is 9.48 Å². The normalized spacial score (nSPS) is 10.4. The third kappa shape index (κ3) is 2.54. The Bertz CT molecular complexity index is 585. The van der Waals surface area contributed by atoms with Gasteiger partial charge < -0.3 is 5.32 Å². The Labute approximate surface area is 111 Å². The van der Waals surface area contributed by atoms with Crippen molar-refractivity contribution in [2.75, 3.05) is 5.32 Å². The van der Waals surface area contributed by atoms with Crippen molar-refractivity contribution < 1.29 is 4.79 Å². The zero-order chi connectivity index (χ0) is 13.3. The van der Waals surface area contributed by atoms with E-state index < -0.39 is 0 Å². The Kier molecular flexibility index (Phi) is 3.39. The molecule has 1 aromatic heterocycles. The molecule has 0 atom stereocenters. The van der Waals surface area contributed by atoms with Gasteiger partial charge in [-0.05, 0) is 37.6 Å². The maximum Gasteiger partial charge on any atom is 0.276 e. The summed E-state index contributed by atoms with van der Waals surface area (Å²) in [5, 5.41) is 7.52. The third-order valence-corrected chi connectivity index (χ3v) is 3.18. The molecule has 2 rings (SSSR count). The summed E-state index contributed by atoms with van der Waals surface area (Å²) in [4.78, 5) is 11.9. The summed E-state index contributed by atoms with van der Waals surface area (Å²) in [7, 11) is 1.80. The van der Waals surface area contributed by atoms with Crippen LogP contribution in [0.1, 0.15) is 21.7 Å². The van der Waals surface area contributed by atoms with E-state index in [1.807, 2.05) is 26.0 Å². The molecule has 5 heteroatoms. The lowest BCUT2D eigenvalue weighted by Gasteiger charge is -2.05. The third-order valence-electron chi connectivity index (χ3n) is 2.78. The molecule has 0 radical (unpaired) electrons. The lowest BCUT2D eigenvalue weighted by molar-refractivity contribution is 0.102. The minimum absolute atomic E-state index is 0.237. The highest BCUT2D eigenvalue weighted by molar-refractivity contribution is 6.31. The number of aryl methyl sites for hydroxylation is 3. The van der Waals surface area contributed by atoms with Crippen molar-refractivity contribution in [1.29, 1.82) is 0 Å². The van der Waals surface area contributed by atoms with Gasteiger partial charge in [-0.15, -0.1) is 0 Å². The standard InChI is InChI=1S/C13H14ClN3O/c1-8-4-5-10(7-11(8)14)15-13(18)12-6-9(2)17(3)16-12/h4-7H,1-3H3,(H,15,18). The lowest BCUT2D eigenvalue weighted by Crippen LogP contribution is -2.13. The highest BCUT2D eigenvalue weighted by atomic mass is 35.5. The first-order valence-corrected chi connectivity index (χ1v) is 5.93. The largest absolute Gasteiger partial charge is 0.321 e. The summed E-state index contributed by atoms with van der Waals surface area (Å²) in [6.45, 7) is 3.81. The molecule has 0 saturated heterocycles. The summed E-state index contributed by atoms with van der Waals surface area (Å²) >= 11 is 6.00. The number of anilines is 1. The van der Waals surface area contributed by atoms with Crippen LogP contribution in [0.15, 0.2) is 24.3 Å². The quantitative estimate of drug-likeness (QED) is 0.906. The van der Waals surface area contributed by atoms with Gasteiger partial charge in [-0.2, -0.15) is 5.10 Å². The zero-order valence-electron chi connectivity index (χ0n) is 10.5. The minimum atomic E-state index is -0.237. The van der Waals surface area contributed by atoms with E-state index in [1.54, 1.807) is 23.9 Å². The highest BCUT2D eigenvalue weighted by Gasteiger charge is 2.11. The molecule has 0 aliphatic heterocycles. The van der Waals surface area contributed by atoms with Gasteiger partial charge in [-0.1, -0.05) is 17.7 Å². The number of aromatic nitrogens is 2. The molecule has 1 N–H and O–H groups in total. The van der Waals surface area contributed by atoms with Crippen LogP contribution in [0, 0.1) is 13.8 Å². The van der Waals surface area contributed by atoms with Crippen molar-refractivity contribution in [3.63, 3.8) is 0 Å². The molecule has 1 heterocycles. The summed E-state index contributed by atoms with van der Waals surface area (Å²) in [5.41, 5.74) is 2.97. The average molecular weight is 264 g/mol. The first-order valence-electron chi connectivity index (χ1n) is 5.55. The fourth-order valence-electron chi connectivity index (χ4n) is 1.54. The monoisotopic (exact) mass is 263 g/mol.